The molecule has 0 saturated heterocycles. The van der Waals surface area contributed by atoms with Crippen molar-refractivity contribution in [2.75, 3.05) is 19.8 Å². The van der Waals surface area contributed by atoms with Crippen molar-refractivity contribution in [1.29, 1.82) is 0 Å². The molecule has 0 heterocycles. The molecule has 144 valence electrons. The van der Waals surface area contributed by atoms with E-state index in [-0.39, 0.29) is 67.7 Å². The first-order valence-corrected chi connectivity index (χ1v) is 8.28. The molecule has 0 amide bonds. The summed E-state index contributed by atoms with van der Waals surface area (Å²) in [4.78, 5) is 0. The summed E-state index contributed by atoms with van der Waals surface area (Å²) >= 11 is 0. The Morgan fingerprint density at radius 2 is 1.04 bits per heavy atom. The minimum atomic E-state index is -4.94. The van der Waals surface area contributed by atoms with Gasteiger partial charge in [-0.25, -0.2) is 37.3 Å². The van der Waals surface area contributed by atoms with Gasteiger partial charge in [-0.05, 0) is 20.8 Å². The van der Waals surface area contributed by atoms with E-state index in [0.29, 0.717) is 13.2 Å². The molecule has 12 nitrogen and oxygen atoms in total. The van der Waals surface area contributed by atoms with Gasteiger partial charge in [0.25, 0.3) is 0 Å². The van der Waals surface area contributed by atoms with Gasteiger partial charge in [-0.15, -0.1) is 20.5 Å². The van der Waals surface area contributed by atoms with E-state index in [0.717, 1.165) is 0 Å². The molecule has 0 aliphatic rings. The molecule has 0 aromatic rings. The van der Waals surface area contributed by atoms with Crippen molar-refractivity contribution in [3.05, 3.63) is 0 Å². The van der Waals surface area contributed by atoms with Crippen molar-refractivity contribution < 1.29 is 77.4 Å². The maximum Gasteiger partial charge on any atom is 2.00 e. The molecule has 3 atom stereocenters. The van der Waals surface area contributed by atoms with Crippen molar-refractivity contribution >= 4 is 48.9 Å². The van der Waals surface area contributed by atoms with E-state index in [9.17, 15) is 0 Å². The molecule has 24 heavy (non-hydrogen) atoms. The molecule has 0 aromatic carbocycles. The van der Waals surface area contributed by atoms with Crippen molar-refractivity contribution in [3.63, 3.8) is 0 Å². The standard InChI is InChI=1S/C9H20O4.Ba.2ClHO4/c1-7(11)5-12-9(3)6-13-8(2)4-10;;2*2-1(3,4)5/h7-11H,4-6H2,1-3H3;;2*(H,2,3,4,5)/q;+2;;/p-2. The molecule has 0 aliphatic heterocycles. The minimum absolute atomic E-state index is 0. The summed E-state index contributed by atoms with van der Waals surface area (Å²) in [6.07, 6.45) is -0.654. The second-order valence-corrected chi connectivity index (χ2v) is 5.59. The molecule has 0 rings (SSSR count). The summed E-state index contributed by atoms with van der Waals surface area (Å²) in [6, 6.07) is 0. The van der Waals surface area contributed by atoms with E-state index < -0.39 is 26.6 Å². The van der Waals surface area contributed by atoms with Crippen molar-refractivity contribution in [3.8, 4) is 0 Å². The molecule has 0 radical (unpaired) electrons. The first-order chi connectivity index (χ1) is 10.1. The first-order valence-electron chi connectivity index (χ1n) is 5.81. The van der Waals surface area contributed by atoms with E-state index in [4.69, 9.17) is 57.0 Å². The molecule has 0 fully saturated rings. The number of hydrogen-bond acceptors (Lipinski definition) is 12. The molecule has 2 N–H and O–H groups in total. The van der Waals surface area contributed by atoms with Crippen LogP contribution in [0, 0.1) is 20.5 Å². The molecular formula is C9H20BaCl2O12. The Morgan fingerprint density at radius 3 is 1.29 bits per heavy atom. The summed E-state index contributed by atoms with van der Waals surface area (Å²) < 4.78 is 78.4. The zero-order chi connectivity index (χ0) is 19.3. The Labute approximate surface area is 183 Å². The summed E-state index contributed by atoms with van der Waals surface area (Å²) in [6.45, 7) is 6.10. The number of rotatable bonds is 7. The minimum Gasteiger partial charge on any atom is -0.394 e. The third-order valence-corrected chi connectivity index (χ3v) is 1.49. The third-order valence-electron chi connectivity index (χ3n) is 1.49. The van der Waals surface area contributed by atoms with Crippen LogP contribution in [0.1, 0.15) is 20.8 Å². The molecule has 0 bridgehead atoms. The number of aliphatic hydroxyl groups is 2. The van der Waals surface area contributed by atoms with Crippen LogP contribution < -0.4 is 37.3 Å². The Hall–Kier alpha value is 1.67. The van der Waals surface area contributed by atoms with Gasteiger partial charge >= 0.3 is 48.9 Å². The van der Waals surface area contributed by atoms with Crippen LogP contribution in [0.3, 0.4) is 0 Å². The van der Waals surface area contributed by atoms with Gasteiger partial charge in [0, 0.05) is 0 Å². The third kappa shape index (κ3) is 65.1. The Kier molecular flexibility index (Phi) is 25.0. The quantitative estimate of drug-likeness (QED) is 0.293. The van der Waals surface area contributed by atoms with Crippen molar-refractivity contribution in [2.24, 2.45) is 0 Å². The Balaban J connectivity index is -0.000000151. The van der Waals surface area contributed by atoms with Crippen LogP contribution in [0.5, 0.6) is 0 Å². The predicted octanol–water partition coefficient (Wildman–Crippen LogP) is -9.72. The first kappa shape index (κ1) is 33.3. The van der Waals surface area contributed by atoms with E-state index in [1.807, 2.05) is 6.92 Å². The van der Waals surface area contributed by atoms with Crippen LogP contribution in [-0.2, 0) is 9.47 Å². The van der Waals surface area contributed by atoms with Gasteiger partial charge in [0.1, 0.15) is 0 Å². The summed E-state index contributed by atoms with van der Waals surface area (Å²) in [5, 5.41) is 17.6. The van der Waals surface area contributed by atoms with Gasteiger partial charge in [0.05, 0.1) is 38.1 Å². The summed E-state index contributed by atoms with van der Waals surface area (Å²) in [5.74, 6) is 0. The van der Waals surface area contributed by atoms with E-state index >= 15 is 0 Å². The topological polar surface area (TPSA) is 243 Å². The van der Waals surface area contributed by atoms with Crippen LogP contribution in [0.4, 0.5) is 0 Å². The van der Waals surface area contributed by atoms with E-state index in [2.05, 4.69) is 0 Å². The summed E-state index contributed by atoms with van der Waals surface area (Å²) in [5.41, 5.74) is 0. The average molecular weight is 528 g/mol. The average Bonchev–Trinajstić information content (AvgIpc) is 2.29. The molecular weight excluding hydrogens is 508 g/mol. The van der Waals surface area contributed by atoms with Crippen LogP contribution in [0.25, 0.3) is 0 Å². The zero-order valence-corrected chi connectivity index (χ0v) is 19.2. The van der Waals surface area contributed by atoms with Crippen molar-refractivity contribution in [1.82, 2.24) is 0 Å². The smallest absolute Gasteiger partial charge is 0.394 e. The van der Waals surface area contributed by atoms with Gasteiger partial charge < -0.3 is 19.7 Å². The largest absolute Gasteiger partial charge is 2.00 e. The van der Waals surface area contributed by atoms with Crippen LogP contribution in [-0.4, -0.2) is 97.2 Å². The second kappa shape index (κ2) is 18.1. The number of aliphatic hydroxyl groups excluding tert-OH is 2. The Bertz CT molecular complexity index is 236. The van der Waals surface area contributed by atoms with Gasteiger partial charge in [-0.2, -0.15) is 0 Å². The molecule has 0 aliphatic carbocycles. The maximum atomic E-state index is 8.92. The zero-order valence-electron chi connectivity index (χ0n) is 13.3. The predicted molar refractivity (Wildman–Crippen MR) is 55.3 cm³/mol. The monoisotopic (exact) mass is 528 g/mol. The fourth-order valence-electron chi connectivity index (χ4n) is 0.704. The fraction of sp³-hybridized carbons (Fsp3) is 1.00. The summed E-state index contributed by atoms with van der Waals surface area (Å²) in [7, 11) is -9.89. The number of halogens is 2. The van der Waals surface area contributed by atoms with Gasteiger partial charge in [-0.1, -0.05) is 0 Å². The van der Waals surface area contributed by atoms with Gasteiger partial charge in [0.15, 0.2) is 0 Å². The van der Waals surface area contributed by atoms with E-state index in [1.165, 1.54) is 0 Å². The van der Waals surface area contributed by atoms with E-state index in [1.54, 1.807) is 13.8 Å². The number of hydrogen-bond donors (Lipinski definition) is 2. The molecule has 0 spiro atoms. The Morgan fingerprint density at radius 1 is 0.750 bits per heavy atom. The maximum absolute atomic E-state index is 8.92. The molecule has 3 unspecified atom stereocenters. The normalized spacial score (nSPS) is 14.9. The van der Waals surface area contributed by atoms with Crippen LogP contribution in [0.2, 0.25) is 0 Å². The van der Waals surface area contributed by atoms with Crippen molar-refractivity contribution in [2.45, 2.75) is 39.1 Å². The van der Waals surface area contributed by atoms with Gasteiger partial charge in [0.2, 0.25) is 0 Å². The number of ether oxygens (including phenoxy) is 2. The second-order valence-electron chi connectivity index (χ2n) is 4.08. The van der Waals surface area contributed by atoms with Crippen LogP contribution >= 0.6 is 0 Å². The van der Waals surface area contributed by atoms with Gasteiger partial charge in [-0.3, -0.25) is 0 Å². The fourth-order valence-corrected chi connectivity index (χ4v) is 0.704. The SMILES string of the molecule is CC(O)COC(C)COC(C)CO.[Ba+2].[O-][Cl+3]([O-])([O-])[O-].[O-][Cl+3]([O-])([O-])[O-]. The molecule has 0 aromatic heterocycles. The van der Waals surface area contributed by atoms with Crippen LogP contribution in [0.15, 0.2) is 0 Å². The molecule has 15 heteroatoms. The molecule has 0 saturated carbocycles.